The Morgan fingerprint density at radius 3 is 2.43 bits per heavy atom. The van der Waals surface area contributed by atoms with Crippen LogP contribution in [-0.2, 0) is 14.3 Å². The van der Waals surface area contributed by atoms with Crippen molar-refractivity contribution >= 4 is 17.9 Å². The number of halogens is 3. The predicted molar refractivity (Wildman–Crippen MR) is 73.4 cm³/mol. The lowest BCUT2D eigenvalue weighted by Gasteiger charge is -2.40. The van der Waals surface area contributed by atoms with Crippen molar-refractivity contribution in [3.05, 3.63) is 0 Å². The lowest BCUT2D eigenvalue weighted by molar-refractivity contribution is -0.197. The quantitative estimate of drug-likeness (QED) is 0.793. The zero-order valence-corrected chi connectivity index (χ0v) is 12.9. The number of methoxy groups -OCH3 is 1. The van der Waals surface area contributed by atoms with Crippen LogP contribution in [0.5, 0.6) is 0 Å². The van der Waals surface area contributed by atoms with Crippen LogP contribution in [0.15, 0.2) is 0 Å². The highest BCUT2D eigenvalue weighted by molar-refractivity contribution is 5.78. The number of hydrogen-bond acceptors (Lipinski definition) is 4. The summed E-state index contributed by atoms with van der Waals surface area (Å²) >= 11 is 0. The van der Waals surface area contributed by atoms with Gasteiger partial charge in [0.25, 0.3) is 0 Å². The van der Waals surface area contributed by atoms with Crippen LogP contribution in [0, 0.1) is 0 Å². The number of carbonyl (C=O) groups is 3. The average Bonchev–Trinajstić information content (AvgIpc) is 2.44. The number of carbonyl (C=O) groups excluding carboxylic acids is 3. The zero-order valence-electron chi connectivity index (χ0n) is 12.9. The minimum atomic E-state index is -4.54. The van der Waals surface area contributed by atoms with Crippen LogP contribution in [0.4, 0.5) is 18.0 Å². The minimum absolute atomic E-state index is 0.128. The fraction of sp³-hybridized carbons (Fsp3) is 0.769. The molecule has 1 heterocycles. The first-order chi connectivity index (χ1) is 10.6. The van der Waals surface area contributed by atoms with E-state index in [1.807, 2.05) is 0 Å². The topological polar surface area (TPSA) is 87.7 Å². The van der Waals surface area contributed by atoms with Crippen molar-refractivity contribution in [2.75, 3.05) is 20.2 Å². The van der Waals surface area contributed by atoms with Gasteiger partial charge in [-0.2, -0.15) is 13.2 Å². The van der Waals surface area contributed by atoms with Crippen LogP contribution >= 0.6 is 0 Å². The Hall–Kier alpha value is -2.00. The second-order valence-electron chi connectivity index (χ2n) is 5.25. The highest BCUT2D eigenvalue weighted by Crippen LogP contribution is 2.32. The fourth-order valence-corrected chi connectivity index (χ4v) is 2.48. The van der Waals surface area contributed by atoms with Gasteiger partial charge in [0.15, 0.2) is 0 Å². The molecule has 2 unspecified atom stereocenters. The molecule has 0 aromatic rings. The van der Waals surface area contributed by atoms with Crippen LogP contribution in [0.1, 0.15) is 26.2 Å². The third kappa shape index (κ3) is 5.95. The molecule has 0 saturated carbocycles. The molecule has 1 aliphatic rings. The van der Waals surface area contributed by atoms with E-state index in [9.17, 15) is 27.6 Å². The van der Waals surface area contributed by atoms with Crippen LogP contribution in [0.25, 0.3) is 0 Å². The van der Waals surface area contributed by atoms with Gasteiger partial charge >= 0.3 is 12.3 Å². The average molecular weight is 339 g/mol. The Labute approximate surface area is 131 Å². The Morgan fingerprint density at radius 1 is 1.26 bits per heavy atom. The van der Waals surface area contributed by atoms with E-state index in [-0.39, 0.29) is 38.3 Å². The molecule has 23 heavy (non-hydrogen) atoms. The molecule has 0 aromatic carbocycles. The molecule has 0 aromatic heterocycles. The molecule has 0 spiro atoms. The van der Waals surface area contributed by atoms with Crippen molar-refractivity contribution < 1.29 is 32.3 Å². The number of nitrogens with zero attached hydrogens (tertiary/aromatic N) is 1. The second-order valence-corrected chi connectivity index (χ2v) is 5.25. The predicted octanol–water partition coefficient (Wildman–Crippen LogP) is 0.790. The monoisotopic (exact) mass is 339 g/mol. The summed E-state index contributed by atoms with van der Waals surface area (Å²) in [5, 5.41) is 4.77. The first-order valence-corrected chi connectivity index (χ1v) is 7.10. The van der Waals surface area contributed by atoms with Gasteiger partial charge in [-0.15, -0.1) is 0 Å². The number of alkyl carbamates (subject to hydrolysis) is 1. The van der Waals surface area contributed by atoms with Gasteiger partial charge in [-0.1, -0.05) is 0 Å². The van der Waals surface area contributed by atoms with Gasteiger partial charge in [-0.25, -0.2) is 4.79 Å². The summed E-state index contributed by atoms with van der Waals surface area (Å²) in [6.07, 6.45) is -5.71. The molecule has 1 rings (SSSR count). The van der Waals surface area contributed by atoms with Gasteiger partial charge in [0.2, 0.25) is 11.8 Å². The van der Waals surface area contributed by atoms with E-state index in [2.05, 4.69) is 15.4 Å². The Balaban J connectivity index is 2.70. The summed E-state index contributed by atoms with van der Waals surface area (Å²) in [7, 11) is 1.14. The van der Waals surface area contributed by atoms with Gasteiger partial charge in [-0.05, 0) is 12.8 Å². The maximum Gasteiger partial charge on any atom is 0.408 e. The van der Waals surface area contributed by atoms with Gasteiger partial charge in [0.1, 0.15) is 6.04 Å². The third-order valence-electron chi connectivity index (χ3n) is 3.48. The van der Waals surface area contributed by atoms with Crippen LogP contribution in [0.3, 0.4) is 0 Å². The van der Waals surface area contributed by atoms with Gasteiger partial charge in [-0.3, -0.25) is 9.59 Å². The molecule has 1 fully saturated rings. The molecule has 0 aliphatic carbocycles. The molecule has 0 bridgehead atoms. The van der Waals surface area contributed by atoms with Crippen molar-refractivity contribution in [2.24, 2.45) is 0 Å². The first-order valence-electron chi connectivity index (χ1n) is 7.10. The number of nitrogens with one attached hydrogen (secondary N) is 2. The molecular formula is C13H20F3N3O4. The molecule has 7 nitrogen and oxygen atoms in total. The largest absolute Gasteiger partial charge is 0.453 e. The molecule has 0 radical (unpaired) electrons. The van der Waals surface area contributed by atoms with Crippen molar-refractivity contribution in [3.63, 3.8) is 0 Å². The maximum absolute atomic E-state index is 13.1. The number of amides is 3. The van der Waals surface area contributed by atoms with Gasteiger partial charge in [0, 0.05) is 32.5 Å². The molecule has 1 aliphatic heterocycles. The Morgan fingerprint density at radius 2 is 1.91 bits per heavy atom. The standard InChI is InChI=1S/C13H20F3N3O4/c1-8(20)18-9-3-4-10(13(14,15)16)19(7-9)11(21)5-6-17-12(22)23-2/h9-10H,3-7H2,1-2H3,(H,17,22)(H,18,20). The fourth-order valence-electron chi connectivity index (χ4n) is 2.48. The maximum atomic E-state index is 13.1. The summed E-state index contributed by atoms with van der Waals surface area (Å²) in [6, 6.07) is -2.39. The molecular weight excluding hydrogens is 319 g/mol. The van der Waals surface area contributed by atoms with Crippen molar-refractivity contribution in [3.8, 4) is 0 Å². The van der Waals surface area contributed by atoms with Crippen LogP contribution < -0.4 is 10.6 Å². The second kappa shape index (κ2) is 8.02. The lowest BCUT2D eigenvalue weighted by atomic mass is 9.97. The third-order valence-corrected chi connectivity index (χ3v) is 3.48. The van der Waals surface area contributed by atoms with Crippen molar-refractivity contribution in [2.45, 2.75) is 44.4 Å². The molecule has 132 valence electrons. The normalized spacial score (nSPS) is 21.5. The van der Waals surface area contributed by atoms with Crippen molar-refractivity contribution in [1.82, 2.24) is 15.5 Å². The van der Waals surface area contributed by atoms with E-state index < -0.39 is 30.3 Å². The van der Waals surface area contributed by atoms with Crippen LogP contribution in [-0.4, -0.2) is 61.3 Å². The number of ether oxygens (including phenoxy) is 1. The molecule has 2 atom stereocenters. The lowest BCUT2D eigenvalue weighted by Crippen LogP contribution is -2.58. The molecule has 3 amide bonds. The van der Waals surface area contributed by atoms with Crippen LogP contribution in [0.2, 0.25) is 0 Å². The molecule has 1 saturated heterocycles. The Kier molecular flexibility index (Phi) is 6.64. The molecule has 2 N–H and O–H groups in total. The zero-order chi connectivity index (χ0) is 17.6. The van der Waals surface area contributed by atoms with E-state index in [4.69, 9.17) is 0 Å². The van der Waals surface area contributed by atoms with E-state index in [1.54, 1.807) is 0 Å². The summed E-state index contributed by atoms with van der Waals surface area (Å²) in [6.45, 7) is 0.931. The summed E-state index contributed by atoms with van der Waals surface area (Å²) < 4.78 is 43.5. The number of likely N-dealkylation sites (tertiary alicyclic amines) is 1. The van der Waals surface area contributed by atoms with Crippen molar-refractivity contribution in [1.29, 1.82) is 0 Å². The summed E-state index contributed by atoms with van der Waals surface area (Å²) in [5.74, 6) is -1.10. The number of hydrogen-bond donors (Lipinski definition) is 2. The summed E-state index contributed by atoms with van der Waals surface area (Å²) in [4.78, 5) is 34.7. The highest BCUT2D eigenvalue weighted by Gasteiger charge is 2.47. The molecule has 10 heteroatoms. The SMILES string of the molecule is COC(=O)NCCC(=O)N1CC(NC(C)=O)CCC1C(F)(F)F. The number of rotatable bonds is 4. The summed E-state index contributed by atoms with van der Waals surface area (Å²) in [5.41, 5.74) is 0. The Bertz CT molecular complexity index is 456. The van der Waals surface area contributed by atoms with E-state index >= 15 is 0 Å². The van der Waals surface area contributed by atoms with E-state index in [0.29, 0.717) is 0 Å². The highest BCUT2D eigenvalue weighted by atomic mass is 19.4. The first kappa shape index (κ1) is 19.0. The van der Waals surface area contributed by atoms with E-state index in [0.717, 1.165) is 12.0 Å². The van der Waals surface area contributed by atoms with Gasteiger partial charge < -0.3 is 20.3 Å². The smallest absolute Gasteiger partial charge is 0.408 e. The number of alkyl halides is 3. The minimum Gasteiger partial charge on any atom is -0.453 e. The van der Waals surface area contributed by atoms with E-state index in [1.165, 1.54) is 6.92 Å². The number of piperidine rings is 1. The van der Waals surface area contributed by atoms with Gasteiger partial charge in [0.05, 0.1) is 7.11 Å².